The number of nitrogens with zero attached hydrogens (tertiary/aromatic N) is 1. The SMILES string of the molecule is CCCc1cc2c(cc1C=O)-c1cc(=O)c(C(=O)OCC)cn1C(C)(C(C)C)C2. The molecular formula is C24H29NO4. The largest absolute Gasteiger partial charge is 0.462 e. The minimum Gasteiger partial charge on any atom is -0.462 e. The number of ether oxygens (including phenoxy) is 1. The maximum absolute atomic E-state index is 12.7. The van der Waals surface area contributed by atoms with Crippen molar-refractivity contribution in [3.05, 3.63) is 56.9 Å². The van der Waals surface area contributed by atoms with Crippen molar-refractivity contribution in [1.29, 1.82) is 0 Å². The van der Waals surface area contributed by atoms with Crippen molar-refractivity contribution in [2.24, 2.45) is 5.92 Å². The van der Waals surface area contributed by atoms with Gasteiger partial charge in [0.2, 0.25) is 0 Å². The highest BCUT2D eigenvalue weighted by Gasteiger charge is 2.38. The van der Waals surface area contributed by atoms with E-state index in [2.05, 4.69) is 33.8 Å². The van der Waals surface area contributed by atoms with Gasteiger partial charge in [0.05, 0.1) is 12.3 Å². The maximum atomic E-state index is 12.7. The summed E-state index contributed by atoms with van der Waals surface area (Å²) >= 11 is 0. The van der Waals surface area contributed by atoms with E-state index in [4.69, 9.17) is 4.74 Å². The van der Waals surface area contributed by atoms with Crippen LogP contribution in [0.5, 0.6) is 0 Å². The summed E-state index contributed by atoms with van der Waals surface area (Å²) in [6.07, 6.45) is 5.08. The Morgan fingerprint density at radius 2 is 2.00 bits per heavy atom. The second-order valence-corrected chi connectivity index (χ2v) is 8.29. The number of hydrogen-bond donors (Lipinski definition) is 0. The van der Waals surface area contributed by atoms with Crippen LogP contribution in [0.4, 0.5) is 0 Å². The lowest BCUT2D eigenvalue weighted by atomic mass is 9.76. The molecule has 0 bridgehead atoms. The van der Waals surface area contributed by atoms with Gasteiger partial charge in [0, 0.05) is 28.9 Å². The molecule has 0 N–H and O–H groups in total. The smallest absolute Gasteiger partial charge is 0.343 e. The summed E-state index contributed by atoms with van der Waals surface area (Å²) in [5.41, 5.74) is 3.84. The number of carbonyl (C=O) groups excluding carboxylic acids is 2. The standard InChI is InChI=1S/C24H29NO4/c1-6-8-16-9-17-12-24(5,15(3)4)25-13-20(23(28)29-7-2)22(27)11-21(25)19(17)10-18(16)14-26/h9-11,13-15H,6-8,12H2,1-5H3. The lowest BCUT2D eigenvalue weighted by Crippen LogP contribution is -2.42. The number of fused-ring (bicyclic) bond motifs is 3. The van der Waals surface area contributed by atoms with E-state index in [-0.39, 0.29) is 29.1 Å². The molecule has 1 aliphatic rings. The molecule has 1 aliphatic heterocycles. The molecular weight excluding hydrogens is 366 g/mol. The average molecular weight is 395 g/mol. The van der Waals surface area contributed by atoms with Crippen LogP contribution in [-0.2, 0) is 23.1 Å². The van der Waals surface area contributed by atoms with Gasteiger partial charge in [-0.25, -0.2) is 4.79 Å². The van der Waals surface area contributed by atoms with Gasteiger partial charge in [-0.3, -0.25) is 9.59 Å². The summed E-state index contributed by atoms with van der Waals surface area (Å²) in [6.45, 7) is 10.5. The highest BCUT2D eigenvalue weighted by Crippen LogP contribution is 2.42. The molecule has 154 valence electrons. The minimum atomic E-state index is -0.600. The fourth-order valence-corrected chi connectivity index (χ4v) is 4.17. The van der Waals surface area contributed by atoms with Crippen LogP contribution >= 0.6 is 0 Å². The summed E-state index contributed by atoms with van der Waals surface area (Å²) in [5.74, 6) is -0.344. The third-order valence-corrected chi connectivity index (χ3v) is 6.18. The van der Waals surface area contributed by atoms with Crippen molar-refractivity contribution in [3.8, 4) is 11.3 Å². The third-order valence-electron chi connectivity index (χ3n) is 6.18. The maximum Gasteiger partial charge on any atom is 0.343 e. The Balaban J connectivity index is 2.31. The molecule has 5 nitrogen and oxygen atoms in total. The first kappa shape index (κ1) is 21.0. The molecule has 5 heteroatoms. The Kier molecular flexibility index (Phi) is 5.78. The fourth-order valence-electron chi connectivity index (χ4n) is 4.17. The van der Waals surface area contributed by atoms with E-state index in [0.717, 1.165) is 47.9 Å². The monoisotopic (exact) mass is 395 g/mol. The number of pyridine rings is 1. The number of rotatable bonds is 6. The molecule has 0 saturated heterocycles. The van der Waals surface area contributed by atoms with Crippen molar-refractivity contribution in [3.63, 3.8) is 0 Å². The van der Waals surface area contributed by atoms with Crippen LogP contribution in [0.1, 0.15) is 72.9 Å². The lowest BCUT2D eigenvalue weighted by molar-refractivity contribution is 0.0522. The van der Waals surface area contributed by atoms with E-state index in [0.29, 0.717) is 5.56 Å². The molecule has 3 rings (SSSR count). The Labute approximate surface area is 171 Å². The van der Waals surface area contributed by atoms with Gasteiger partial charge in [-0.1, -0.05) is 33.3 Å². The number of aromatic nitrogens is 1. The number of aryl methyl sites for hydroxylation is 1. The Bertz CT molecular complexity index is 1020. The highest BCUT2D eigenvalue weighted by molar-refractivity contribution is 5.90. The predicted molar refractivity (Wildman–Crippen MR) is 114 cm³/mol. The minimum absolute atomic E-state index is 0.0455. The quantitative estimate of drug-likeness (QED) is 0.538. The molecule has 0 radical (unpaired) electrons. The van der Waals surface area contributed by atoms with Crippen LogP contribution < -0.4 is 5.43 Å². The molecule has 1 atom stereocenters. The van der Waals surface area contributed by atoms with E-state index < -0.39 is 5.97 Å². The van der Waals surface area contributed by atoms with E-state index in [1.165, 1.54) is 6.07 Å². The molecule has 1 aromatic heterocycles. The van der Waals surface area contributed by atoms with Crippen LogP contribution in [0.15, 0.2) is 29.2 Å². The van der Waals surface area contributed by atoms with Gasteiger partial charge in [-0.15, -0.1) is 0 Å². The van der Waals surface area contributed by atoms with Crippen molar-refractivity contribution in [2.75, 3.05) is 6.61 Å². The molecule has 0 spiro atoms. The molecule has 1 aromatic carbocycles. The zero-order valence-corrected chi connectivity index (χ0v) is 17.9. The number of carbonyl (C=O) groups is 2. The summed E-state index contributed by atoms with van der Waals surface area (Å²) in [7, 11) is 0. The summed E-state index contributed by atoms with van der Waals surface area (Å²) in [6, 6.07) is 5.53. The van der Waals surface area contributed by atoms with Gasteiger partial charge < -0.3 is 9.30 Å². The number of aldehydes is 1. The van der Waals surface area contributed by atoms with Gasteiger partial charge in [0.25, 0.3) is 0 Å². The number of hydrogen-bond acceptors (Lipinski definition) is 4. The van der Waals surface area contributed by atoms with Crippen molar-refractivity contribution < 1.29 is 14.3 Å². The molecule has 0 fully saturated rings. The first-order valence-electron chi connectivity index (χ1n) is 10.3. The van der Waals surface area contributed by atoms with Crippen molar-refractivity contribution >= 4 is 12.3 Å². The topological polar surface area (TPSA) is 65.4 Å². The fraction of sp³-hybridized carbons (Fsp3) is 0.458. The first-order valence-corrected chi connectivity index (χ1v) is 10.3. The second-order valence-electron chi connectivity index (χ2n) is 8.29. The average Bonchev–Trinajstić information content (AvgIpc) is 2.67. The second kappa shape index (κ2) is 7.97. The van der Waals surface area contributed by atoms with Crippen molar-refractivity contribution in [2.45, 2.75) is 59.4 Å². The van der Waals surface area contributed by atoms with Gasteiger partial charge >= 0.3 is 5.97 Å². The first-order chi connectivity index (χ1) is 13.8. The number of benzene rings is 1. The van der Waals surface area contributed by atoms with Gasteiger partial charge in [-0.05, 0) is 49.8 Å². The normalized spacial score (nSPS) is 17.6. The Hall–Kier alpha value is -2.69. The zero-order chi connectivity index (χ0) is 21.3. The molecule has 0 amide bonds. The van der Waals surface area contributed by atoms with Crippen LogP contribution in [0.3, 0.4) is 0 Å². The summed E-state index contributed by atoms with van der Waals surface area (Å²) in [4.78, 5) is 36.7. The molecule has 2 heterocycles. The lowest BCUT2D eigenvalue weighted by Gasteiger charge is -2.43. The van der Waals surface area contributed by atoms with E-state index in [1.54, 1.807) is 13.1 Å². The Morgan fingerprint density at radius 3 is 2.59 bits per heavy atom. The Morgan fingerprint density at radius 1 is 1.28 bits per heavy atom. The molecule has 0 saturated carbocycles. The van der Waals surface area contributed by atoms with Gasteiger partial charge in [0.15, 0.2) is 5.43 Å². The predicted octanol–water partition coefficient (Wildman–Crippen LogP) is 4.38. The van der Waals surface area contributed by atoms with Gasteiger partial charge in [-0.2, -0.15) is 0 Å². The number of esters is 1. The van der Waals surface area contributed by atoms with Crippen LogP contribution in [0, 0.1) is 5.92 Å². The van der Waals surface area contributed by atoms with Crippen LogP contribution in [0.25, 0.3) is 11.3 Å². The van der Waals surface area contributed by atoms with Crippen LogP contribution in [0.2, 0.25) is 0 Å². The van der Waals surface area contributed by atoms with Crippen molar-refractivity contribution in [1.82, 2.24) is 4.57 Å². The van der Waals surface area contributed by atoms with Crippen LogP contribution in [-0.4, -0.2) is 23.4 Å². The third kappa shape index (κ3) is 3.54. The summed E-state index contributed by atoms with van der Waals surface area (Å²) < 4.78 is 7.11. The zero-order valence-electron chi connectivity index (χ0n) is 17.9. The van der Waals surface area contributed by atoms with E-state index >= 15 is 0 Å². The van der Waals surface area contributed by atoms with Gasteiger partial charge in [0.1, 0.15) is 11.8 Å². The highest BCUT2D eigenvalue weighted by atomic mass is 16.5. The molecule has 0 aliphatic carbocycles. The molecule has 1 unspecified atom stereocenters. The summed E-state index contributed by atoms with van der Waals surface area (Å²) in [5, 5.41) is 0. The van der Waals surface area contributed by atoms with E-state index in [9.17, 15) is 14.4 Å². The molecule has 29 heavy (non-hydrogen) atoms. The molecule has 2 aromatic rings. The van der Waals surface area contributed by atoms with E-state index in [1.807, 2.05) is 10.6 Å².